The van der Waals surface area contributed by atoms with Crippen molar-refractivity contribution in [2.24, 2.45) is 11.0 Å². The molecule has 89 heavy (non-hydrogen) atoms. The van der Waals surface area contributed by atoms with Gasteiger partial charge < -0.3 is 45.8 Å². The Morgan fingerprint density at radius 1 is 0.753 bits per heavy atom. The Hall–Kier alpha value is -7.20. The molecule has 486 valence electrons. The van der Waals surface area contributed by atoms with E-state index in [4.69, 9.17) is 4.74 Å². The first-order chi connectivity index (χ1) is 42.7. The van der Waals surface area contributed by atoms with Gasteiger partial charge in [-0.25, -0.2) is 8.78 Å². The molecule has 2 aromatic carbocycles. The number of nitrogens with one attached hydrogen (secondary N) is 4. The number of ether oxygens (including phenoxy) is 1. The summed E-state index contributed by atoms with van der Waals surface area (Å²) < 4.78 is 35.0. The number of hydrazone groups is 1. The second-order valence-corrected chi connectivity index (χ2v) is 24.1. The first kappa shape index (κ1) is 70.9. The highest BCUT2D eigenvalue weighted by atomic mass is 127. The molecule has 3 fully saturated rings. The summed E-state index contributed by atoms with van der Waals surface area (Å²) in [6, 6.07) is 15.3. The zero-order valence-corrected chi connectivity index (χ0v) is 52.5. The van der Waals surface area contributed by atoms with E-state index in [-0.39, 0.29) is 108 Å². The van der Waals surface area contributed by atoms with Crippen LogP contribution in [0, 0.1) is 20.8 Å². The highest BCUT2D eigenvalue weighted by molar-refractivity contribution is 14.1. The Bertz CT molecular complexity index is 2880. The number of halogens is 3. The van der Waals surface area contributed by atoms with Crippen LogP contribution in [0.1, 0.15) is 99.4 Å². The number of carbonyl (C=O) groups is 8. The summed E-state index contributed by atoms with van der Waals surface area (Å²) in [5.41, 5.74) is 4.96. The maximum Gasteiger partial charge on any atom is 0.317 e. The fourth-order valence-corrected chi connectivity index (χ4v) is 11.4. The van der Waals surface area contributed by atoms with Crippen molar-refractivity contribution in [3.8, 4) is 11.8 Å². The zero-order chi connectivity index (χ0) is 64.1. The SMILES string of the molecule is N#C[C@H]1CC(F)(F)CN1C(=O)CNC(=O)c1ccnc2ccc(OCCCCC3CCN(C(=O)CC/C=N\NC(CCCCNC(=O)CCCc4ccc(I)cc4)NC(=O)CN4CCN(CC(=O)O)CCN(CC(=O)O)CCN(CC(=O)O)CC4)CC3)cc12. The number of hydrogen-bond acceptors (Lipinski definition) is 17. The fraction of sp³-hybridized carbons (Fsp3) is 0.590. The predicted octanol–water partition coefficient (Wildman–Crippen LogP) is 3.70. The molecular weight excluding hydrogens is 1270 g/mol. The monoisotopic (exact) mass is 1360 g/mol. The third kappa shape index (κ3) is 26.0. The molecule has 6 rings (SSSR count). The summed E-state index contributed by atoms with van der Waals surface area (Å²) in [5.74, 6) is -7.13. The number of aliphatic carboxylic acids is 3. The molecule has 3 aromatic rings. The number of carbonyl (C=O) groups excluding carboxylic acids is 5. The quantitative estimate of drug-likeness (QED) is 0.0154. The third-order valence-electron chi connectivity index (χ3n) is 15.9. The molecule has 7 N–H and O–H groups in total. The molecule has 0 bridgehead atoms. The number of unbranched alkanes of at least 4 members (excludes halogenated alkanes) is 2. The van der Waals surface area contributed by atoms with E-state index in [0.29, 0.717) is 80.9 Å². The summed E-state index contributed by atoms with van der Waals surface area (Å²) in [6.45, 7) is 1.74. The Kier molecular flexibility index (Phi) is 29.5. The van der Waals surface area contributed by atoms with Crippen LogP contribution in [0.2, 0.25) is 0 Å². The maximum atomic E-state index is 13.9. The van der Waals surface area contributed by atoms with Gasteiger partial charge in [-0.1, -0.05) is 18.6 Å². The Labute approximate surface area is 531 Å². The van der Waals surface area contributed by atoms with Gasteiger partial charge >= 0.3 is 17.9 Å². The van der Waals surface area contributed by atoms with E-state index < -0.39 is 67.4 Å². The van der Waals surface area contributed by atoms with Crippen LogP contribution in [0.3, 0.4) is 0 Å². The van der Waals surface area contributed by atoms with Crippen LogP contribution in [0.15, 0.2) is 59.8 Å². The highest BCUT2D eigenvalue weighted by Gasteiger charge is 2.47. The molecule has 4 heterocycles. The number of rotatable bonds is 32. The fourth-order valence-electron chi connectivity index (χ4n) is 11.0. The molecule has 3 aliphatic rings. The first-order valence-electron chi connectivity index (χ1n) is 30.5. The molecule has 0 spiro atoms. The number of piperidine rings is 1. The van der Waals surface area contributed by atoms with Crippen LogP contribution >= 0.6 is 22.6 Å². The second kappa shape index (κ2) is 37.1. The van der Waals surface area contributed by atoms with E-state index in [0.717, 1.165) is 53.4 Å². The topological polar surface area (TPSA) is 323 Å². The number of fused-ring (bicyclic) bond motifs is 1. The molecule has 1 aromatic heterocycles. The molecule has 28 heteroatoms. The lowest BCUT2D eigenvalue weighted by atomic mass is 9.91. The minimum absolute atomic E-state index is 0.0143. The molecule has 0 radical (unpaired) electrons. The number of likely N-dealkylation sites (tertiary alicyclic amines) is 2. The van der Waals surface area contributed by atoms with Crippen molar-refractivity contribution in [2.75, 3.05) is 118 Å². The number of nitriles is 1. The Balaban J connectivity index is 0.936. The molecular formula is C61H84F2IN13O12. The summed E-state index contributed by atoms with van der Waals surface area (Å²) in [7, 11) is 0. The number of alkyl halides is 2. The van der Waals surface area contributed by atoms with Crippen LogP contribution in [-0.2, 0) is 40.0 Å². The van der Waals surface area contributed by atoms with Crippen molar-refractivity contribution in [1.29, 1.82) is 5.26 Å². The number of carboxylic acids is 3. The van der Waals surface area contributed by atoms with Gasteiger partial charge in [0.25, 0.3) is 11.8 Å². The Morgan fingerprint density at radius 3 is 2.00 bits per heavy atom. The van der Waals surface area contributed by atoms with Gasteiger partial charge in [0.15, 0.2) is 0 Å². The van der Waals surface area contributed by atoms with Crippen molar-refractivity contribution >= 4 is 87.2 Å². The number of benzene rings is 2. The van der Waals surface area contributed by atoms with Crippen molar-refractivity contribution in [2.45, 2.75) is 108 Å². The summed E-state index contributed by atoms with van der Waals surface area (Å²) in [6.07, 6.45) is 10.2. The minimum Gasteiger partial charge on any atom is -0.494 e. The number of hydrogen-bond donors (Lipinski definition) is 7. The van der Waals surface area contributed by atoms with Crippen molar-refractivity contribution in [3.63, 3.8) is 0 Å². The van der Waals surface area contributed by atoms with Gasteiger partial charge in [-0.15, -0.1) is 0 Å². The summed E-state index contributed by atoms with van der Waals surface area (Å²) in [5, 5.41) is 51.5. The van der Waals surface area contributed by atoms with Crippen LogP contribution in [0.25, 0.3) is 10.9 Å². The van der Waals surface area contributed by atoms with E-state index in [1.54, 1.807) is 45.2 Å². The zero-order valence-electron chi connectivity index (χ0n) is 50.3. The molecule has 3 saturated heterocycles. The summed E-state index contributed by atoms with van der Waals surface area (Å²) in [4.78, 5) is 115. The standard InChI is InChI=1S/C61H84F2IN13O12/c62-61(63)36-47(37-65)77(43-61)56(81)38-68-60(88)49-18-23-66-51-17-16-48(35-50(49)51)89-34-4-2-7-45-19-24-76(25-20-45)55(80)11-6-22-69-71-52(9-1-3-21-67-53(78)10-5-8-44-12-14-46(64)15-13-44)70-54(79)39-72-26-28-73(40-57(82)83)30-32-75(42-59(86)87)33-31-74(29-27-72)41-58(84)85/h12-18,22-23,35,45,47,52,71H,1-11,19-21,24-34,36,38-43H2,(H,67,78)(H,68,88)(H,70,79)(H,82,83)(H,84,85)(H,86,87)/b69-22-/t47-,52?/m1/s1. The van der Waals surface area contributed by atoms with E-state index in [9.17, 15) is 67.7 Å². The second-order valence-electron chi connectivity index (χ2n) is 22.8. The lowest BCUT2D eigenvalue weighted by Crippen LogP contribution is -2.51. The van der Waals surface area contributed by atoms with Crippen LogP contribution < -0.4 is 26.1 Å². The highest BCUT2D eigenvalue weighted by Crippen LogP contribution is 2.32. The van der Waals surface area contributed by atoms with Crippen molar-refractivity contribution < 1.29 is 67.2 Å². The lowest BCUT2D eigenvalue weighted by molar-refractivity contribution is -0.140. The molecule has 1 unspecified atom stereocenters. The van der Waals surface area contributed by atoms with Crippen molar-refractivity contribution in [3.05, 3.63) is 69.4 Å². The number of aryl methyl sites for hydroxylation is 1. The number of amides is 5. The van der Waals surface area contributed by atoms with Gasteiger partial charge in [0.05, 0.1) is 63.0 Å². The number of pyridine rings is 1. The third-order valence-corrected chi connectivity index (χ3v) is 16.6. The van der Waals surface area contributed by atoms with Gasteiger partial charge in [0.2, 0.25) is 23.6 Å². The number of carboxylic acid groups (broad SMARTS) is 3. The molecule has 3 aliphatic heterocycles. The smallest absolute Gasteiger partial charge is 0.317 e. The van der Waals surface area contributed by atoms with Crippen molar-refractivity contribution in [1.82, 2.24) is 55.8 Å². The van der Waals surface area contributed by atoms with Crippen LogP contribution in [-0.4, -0.2) is 239 Å². The minimum atomic E-state index is -3.17. The largest absolute Gasteiger partial charge is 0.494 e. The molecule has 5 amide bonds. The Morgan fingerprint density at radius 2 is 1.38 bits per heavy atom. The van der Waals surface area contributed by atoms with Crippen LogP contribution in [0.4, 0.5) is 8.78 Å². The summed E-state index contributed by atoms with van der Waals surface area (Å²) >= 11 is 2.26. The average molecular weight is 1360 g/mol. The van der Waals surface area contributed by atoms with Gasteiger partial charge in [0, 0.05) is 113 Å². The maximum absolute atomic E-state index is 13.9. The first-order valence-corrected chi connectivity index (χ1v) is 31.6. The van der Waals surface area contributed by atoms with Crippen LogP contribution in [0.5, 0.6) is 5.75 Å². The molecule has 25 nitrogen and oxygen atoms in total. The van der Waals surface area contributed by atoms with Gasteiger partial charge in [0.1, 0.15) is 18.0 Å². The van der Waals surface area contributed by atoms with E-state index >= 15 is 0 Å². The predicted molar refractivity (Wildman–Crippen MR) is 334 cm³/mol. The molecule has 2 atom stereocenters. The van der Waals surface area contributed by atoms with E-state index in [1.807, 2.05) is 21.9 Å². The molecule has 0 aliphatic carbocycles. The van der Waals surface area contributed by atoms with Gasteiger partial charge in [-0.05, 0) is 135 Å². The number of aromatic nitrogens is 1. The molecule has 0 saturated carbocycles. The lowest BCUT2D eigenvalue weighted by Gasteiger charge is -2.33. The van der Waals surface area contributed by atoms with E-state index in [2.05, 4.69) is 66.2 Å². The number of nitrogens with zero attached hydrogens (tertiary/aromatic N) is 9. The van der Waals surface area contributed by atoms with Gasteiger partial charge in [-0.3, -0.25) is 68.4 Å². The normalized spacial score (nSPS) is 17.9. The van der Waals surface area contributed by atoms with Gasteiger partial charge in [-0.2, -0.15) is 10.4 Å². The van der Waals surface area contributed by atoms with E-state index in [1.165, 1.54) is 17.8 Å². The average Bonchev–Trinajstić information content (AvgIpc) is 3.88.